The fraction of sp³-hybridized carbons (Fsp3) is 0.400. The summed E-state index contributed by atoms with van der Waals surface area (Å²) < 4.78 is 16.3. The van der Waals surface area contributed by atoms with E-state index < -0.39 is 28.3 Å². The number of carbonyl (C=O) groups is 2. The number of amides is 1. The molecule has 5 aromatic rings. The van der Waals surface area contributed by atoms with Crippen molar-refractivity contribution in [3.05, 3.63) is 87.0 Å². The van der Waals surface area contributed by atoms with Gasteiger partial charge in [-0.25, -0.2) is 9.59 Å². The number of nitro groups is 1. The average molecular weight is 703 g/mol. The van der Waals surface area contributed by atoms with Crippen LogP contribution in [0.4, 0.5) is 21.0 Å². The number of carbonyl (C=O) groups excluding carboxylic acids is 2. The fourth-order valence-corrected chi connectivity index (χ4v) is 6.41. The van der Waals surface area contributed by atoms with Gasteiger partial charge < -0.3 is 23.5 Å². The van der Waals surface area contributed by atoms with Gasteiger partial charge >= 0.3 is 12.2 Å². The summed E-state index contributed by atoms with van der Waals surface area (Å²) in [5.74, 6) is 0. The molecule has 1 saturated heterocycles. The Hall–Kier alpha value is -5.24. The van der Waals surface area contributed by atoms with Crippen molar-refractivity contribution in [2.24, 2.45) is 4.99 Å². The monoisotopic (exact) mass is 702 g/mol. The van der Waals surface area contributed by atoms with Crippen molar-refractivity contribution >= 4 is 57.2 Å². The van der Waals surface area contributed by atoms with Gasteiger partial charge in [-0.15, -0.1) is 14.8 Å². The number of fused-ring (bicyclic) bond motifs is 2. The number of benzene rings is 3. The number of ether oxygens (including phenoxy) is 2. The van der Waals surface area contributed by atoms with Gasteiger partial charge in [0.15, 0.2) is 0 Å². The number of nitrogens with zero attached hydrogens (tertiary/aromatic N) is 8. The Balaban J connectivity index is 1.44. The Morgan fingerprint density at radius 1 is 0.940 bits per heavy atom. The molecular formula is C35H39ClN8O6. The van der Waals surface area contributed by atoms with Crippen LogP contribution < -0.4 is 10.5 Å². The van der Waals surface area contributed by atoms with Gasteiger partial charge in [-0.1, -0.05) is 41.1 Å². The SMILES string of the molecule is CC(C)(C)OC(=O)N=c1n(Cc2cccc3c2nnn3C(=O)OC(C)(C)C)c2ccccc2n1C1CCN(c2cc(Cl)ccc2[N+](=O)[O-])CC1. The number of piperidine rings is 1. The van der Waals surface area contributed by atoms with Crippen LogP contribution in [0, 0.1) is 10.1 Å². The third-order valence-electron chi connectivity index (χ3n) is 8.23. The minimum absolute atomic E-state index is 0.00417. The second kappa shape index (κ2) is 13.2. The zero-order valence-corrected chi connectivity index (χ0v) is 29.5. The van der Waals surface area contributed by atoms with E-state index in [1.165, 1.54) is 12.1 Å². The third kappa shape index (κ3) is 7.20. The molecule has 1 fully saturated rings. The molecule has 0 spiro atoms. The largest absolute Gasteiger partial charge is 0.442 e. The Bertz CT molecular complexity index is 2180. The van der Waals surface area contributed by atoms with E-state index in [0.717, 1.165) is 21.3 Å². The first-order valence-corrected chi connectivity index (χ1v) is 16.7. The molecule has 0 N–H and O–H groups in total. The normalized spacial score (nSPS) is 14.8. The van der Waals surface area contributed by atoms with Crippen LogP contribution in [-0.2, 0) is 16.0 Å². The second-order valence-electron chi connectivity index (χ2n) is 14.2. The molecule has 0 bridgehead atoms. The fourth-order valence-electron chi connectivity index (χ4n) is 6.25. The van der Waals surface area contributed by atoms with E-state index in [4.69, 9.17) is 21.1 Å². The molecule has 1 aliphatic rings. The zero-order valence-electron chi connectivity index (χ0n) is 28.8. The quantitative estimate of drug-likeness (QED) is 0.136. The van der Waals surface area contributed by atoms with E-state index in [0.29, 0.717) is 53.3 Å². The van der Waals surface area contributed by atoms with E-state index >= 15 is 0 Å². The van der Waals surface area contributed by atoms with Crippen LogP contribution in [-0.4, -0.2) is 65.5 Å². The molecule has 1 aliphatic heterocycles. The first-order chi connectivity index (χ1) is 23.6. The number of anilines is 1. The predicted molar refractivity (Wildman–Crippen MR) is 189 cm³/mol. The molecule has 1 amide bonds. The number of rotatable bonds is 5. The third-order valence-corrected chi connectivity index (χ3v) is 8.47. The summed E-state index contributed by atoms with van der Waals surface area (Å²) in [4.78, 5) is 44.2. The highest BCUT2D eigenvalue weighted by atomic mass is 35.5. The average Bonchev–Trinajstić information content (AvgIpc) is 3.59. The summed E-state index contributed by atoms with van der Waals surface area (Å²) in [5.41, 5.74) is 2.75. The van der Waals surface area contributed by atoms with Crippen LogP contribution in [0.5, 0.6) is 0 Å². The van der Waals surface area contributed by atoms with E-state index in [2.05, 4.69) is 19.9 Å². The van der Waals surface area contributed by atoms with Crippen molar-refractivity contribution < 1.29 is 24.0 Å². The van der Waals surface area contributed by atoms with Gasteiger partial charge in [-0.05, 0) is 84.7 Å². The Morgan fingerprint density at radius 2 is 1.60 bits per heavy atom. The summed E-state index contributed by atoms with van der Waals surface area (Å²) in [6, 6.07) is 17.7. The lowest BCUT2D eigenvalue weighted by Crippen LogP contribution is -2.39. The maximum absolute atomic E-state index is 13.3. The maximum atomic E-state index is 13.3. The van der Waals surface area contributed by atoms with Crippen LogP contribution in [0.15, 0.2) is 65.7 Å². The number of imidazole rings is 1. The Morgan fingerprint density at radius 3 is 2.26 bits per heavy atom. The van der Waals surface area contributed by atoms with Gasteiger partial charge in [-0.3, -0.25) is 10.1 Å². The number of para-hydroxylation sites is 2. The lowest BCUT2D eigenvalue weighted by Gasteiger charge is -2.34. The Labute approximate surface area is 293 Å². The minimum Gasteiger partial charge on any atom is -0.442 e. The lowest BCUT2D eigenvalue weighted by atomic mass is 10.0. The van der Waals surface area contributed by atoms with Crippen molar-refractivity contribution in [1.29, 1.82) is 0 Å². The second-order valence-corrected chi connectivity index (χ2v) is 14.6. The van der Waals surface area contributed by atoms with E-state index in [1.54, 1.807) is 53.7 Å². The molecule has 3 aromatic carbocycles. The van der Waals surface area contributed by atoms with Crippen molar-refractivity contribution in [2.75, 3.05) is 18.0 Å². The van der Waals surface area contributed by atoms with E-state index in [9.17, 15) is 19.7 Å². The molecule has 0 radical (unpaired) electrons. The minimum atomic E-state index is -0.773. The number of nitro benzene ring substituents is 1. The van der Waals surface area contributed by atoms with Crippen molar-refractivity contribution in [2.45, 2.75) is 78.2 Å². The van der Waals surface area contributed by atoms with Crippen LogP contribution in [0.3, 0.4) is 0 Å². The summed E-state index contributed by atoms with van der Waals surface area (Å²) in [6.07, 6.45) is -0.161. The molecule has 6 rings (SSSR count). The molecule has 2 aromatic heterocycles. The smallest absolute Gasteiger partial charge is 0.437 e. The molecule has 0 atom stereocenters. The first-order valence-electron chi connectivity index (χ1n) is 16.3. The summed E-state index contributed by atoms with van der Waals surface area (Å²) in [5, 5.41) is 20.7. The molecule has 14 nitrogen and oxygen atoms in total. The number of halogens is 1. The van der Waals surface area contributed by atoms with Crippen LogP contribution >= 0.6 is 11.6 Å². The molecule has 0 saturated carbocycles. The maximum Gasteiger partial charge on any atom is 0.437 e. The zero-order chi connectivity index (χ0) is 36.0. The van der Waals surface area contributed by atoms with Crippen LogP contribution in [0.1, 0.15) is 66.0 Å². The van der Waals surface area contributed by atoms with Gasteiger partial charge in [0.1, 0.15) is 27.9 Å². The lowest BCUT2D eigenvalue weighted by molar-refractivity contribution is -0.384. The topological polar surface area (TPSA) is 152 Å². The van der Waals surface area contributed by atoms with Gasteiger partial charge in [0.05, 0.1) is 22.5 Å². The standard InChI is InChI=1S/C35H39ClN8O6/c1-34(2,3)49-32(45)37-31-41(21-22-10-9-13-28-30(22)38-39-43(28)33(46)50-35(4,5)6)25-11-7-8-12-26(25)42(31)24-16-18-40(19-17-24)29-20-23(36)14-15-27(29)44(47)48/h7-15,20,24H,16-19,21H2,1-6H3. The highest BCUT2D eigenvalue weighted by Gasteiger charge is 2.29. The summed E-state index contributed by atoms with van der Waals surface area (Å²) in [6.45, 7) is 11.9. The first kappa shape index (κ1) is 34.6. The molecule has 15 heteroatoms. The predicted octanol–water partition coefficient (Wildman–Crippen LogP) is 7.26. The number of hydrogen-bond donors (Lipinski definition) is 0. The van der Waals surface area contributed by atoms with Crippen molar-refractivity contribution in [1.82, 2.24) is 24.1 Å². The molecule has 50 heavy (non-hydrogen) atoms. The summed E-state index contributed by atoms with van der Waals surface area (Å²) in [7, 11) is 0. The molecule has 262 valence electrons. The van der Waals surface area contributed by atoms with Crippen molar-refractivity contribution in [3.63, 3.8) is 0 Å². The molecule has 0 unspecified atom stereocenters. The molecule has 0 aliphatic carbocycles. The highest BCUT2D eigenvalue weighted by Crippen LogP contribution is 2.35. The van der Waals surface area contributed by atoms with Crippen LogP contribution in [0.25, 0.3) is 22.1 Å². The molecular weight excluding hydrogens is 664 g/mol. The van der Waals surface area contributed by atoms with Gasteiger partial charge in [-0.2, -0.15) is 0 Å². The van der Waals surface area contributed by atoms with Gasteiger partial charge in [0, 0.05) is 35.8 Å². The van der Waals surface area contributed by atoms with E-state index in [-0.39, 0.29) is 18.3 Å². The van der Waals surface area contributed by atoms with Crippen LogP contribution in [0.2, 0.25) is 5.02 Å². The van der Waals surface area contributed by atoms with Crippen molar-refractivity contribution in [3.8, 4) is 0 Å². The Kier molecular flexibility index (Phi) is 9.16. The number of hydrogen-bond acceptors (Lipinski definition) is 9. The van der Waals surface area contributed by atoms with Gasteiger partial charge in [0.25, 0.3) is 5.69 Å². The number of aromatic nitrogens is 5. The summed E-state index contributed by atoms with van der Waals surface area (Å²) >= 11 is 6.25. The van der Waals surface area contributed by atoms with E-state index in [1.807, 2.05) is 45.9 Å². The molecule has 3 heterocycles. The van der Waals surface area contributed by atoms with Gasteiger partial charge in [0.2, 0.25) is 5.62 Å². The highest BCUT2D eigenvalue weighted by molar-refractivity contribution is 6.31.